The number of carbonyl (C=O) groups is 3. The third kappa shape index (κ3) is 6.78. The molecule has 3 atom stereocenters. The Bertz CT molecular complexity index is 1110. The van der Waals surface area contributed by atoms with Gasteiger partial charge in [-0.3, -0.25) is 19.7 Å². The summed E-state index contributed by atoms with van der Waals surface area (Å²) in [6.45, 7) is 8.45. The van der Waals surface area contributed by atoms with Gasteiger partial charge in [0, 0.05) is 37.5 Å². The molecular weight excluding hydrogens is 452 g/mol. The molecule has 1 heterocycles. The van der Waals surface area contributed by atoms with Gasteiger partial charge in [0.1, 0.15) is 5.69 Å². The van der Waals surface area contributed by atoms with Crippen LogP contribution < -0.4 is 15.5 Å². The minimum absolute atomic E-state index is 0.00198. The van der Waals surface area contributed by atoms with Gasteiger partial charge in [0.25, 0.3) is 11.6 Å². The summed E-state index contributed by atoms with van der Waals surface area (Å²) >= 11 is 0. The van der Waals surface area contributed by atoms with Gasteiger partial charge in [0.05, 0.1) is 10.5 Å². The predicted molar refractivity (Wildman–Crippen MR) is 133 cm³/mol. The quantitative estimate of drug-likeness (QED) is 0.343. The zero-order valence-corrected chi connectivity index (χ0v) is 20.2. The second kappa shape index (κ2) is 11.0. The van der Waals surface area contributed by atoms with Crippen molar-refractivity contribution in [1.82, 2.24) is 0 Å². The summed E-state index contributed by atoms with van der Waals surface area (Å²) < 4.78 is 5.26. The van der Waals surface area contributed by atoms with Crippen molar-refractivity contribution in [3.05, 3.63) is 58.1 Å². The lowest BCUT2D eigenvalue weighted by molar-refractivity contribution is -0.384. The van der Waals surface area contributed by atoms with Crippen molar-refractivity contribution in [2.45, 2.75) is 40.2 Å². The van der Waals surface area contributed by atoms with Crippen LogP contribution in [-0.4, -0.2) is 41.9 Å². The second-order valence-electron chi connectivity index (χ2n) is 9.11. The Kier molecular flexibility index (Phi) is 8.06. The van der Waals surface area contributed by atoms with Crippen LogP contribution >= 0.6 is 0 Å². The van der Waals surface area contributed by atoms with Crippen molar-refractivity contribution in [1.29, 1.82) is 0 Å². The summed E-state index contributed by atoms with van der Waals surface area (Å²) in [5.74, 6) is -0.791. The molecule has 0 aliphatic carbocycles. The van der Waals surface area contributed by atoms with E-state index in [9.17, 15) is 24.5 Å². The fourth-order valence-electron chi connectivity index (χ4n) is 4.29. The number of esters is 1. The van der Waals surface area contributed by atoms with Crippen LogP contribution in [0.1, 0.15) is 44.5 Å². The molecule has 35 heavy (non-hydrogen) atoms. The molecule has 10 nitrogen and oxygen atoms in total. The summed E-state index contributed by atoms with van der Waals surface area (Å²) in [5.41, 5.74) is 1.33. The minimum Gasteiger partial charge on any atom is -0.449 e. The molecule has 1 fully saturated rings. The molecule has 186 valence electrons. The maximum absolute atomic E-state index is 12.6. The van der Waals surface area contributed by atoms with Crippen molar-refractivity contribution >= 4 is 40.5 Å². The summed E-state index contributed by atoms with van der Waals surface area (Å²) in [6, 6.07) is 10.7. The number of amides is 2. The lowest BCUT2D eigenvalue weighted by Crippen LogP contribution is -2.39. The zero-order chi connectivity index (χ0) is 25.7. The molecule has 0 saturated carbocycles. The van der Waals surface area contributed by atoms with Crippen molar-refractivity contribution in [2.24, 2.45) is 11.8 Å². The van der Waals surface area contributed by atoms with E-state index in [0.29, 0.717) is 42.0 Å². The van der Waals surface area contributed by atoms with E-state index in [-0.39, 0.29) is 17.2 Å². The number of benzene rings is 2. The molecule has 0 bridgehead atoms. The van der Waals surface area contributed by atoms with Crippen LogP contribution in [0, 0.1) is 22.0 Å². The Morgan fingerprint density at radius 3 is 2.14 bits per heavy atom. The van der Waals surface area contributed by atoms with E-state index in [0.717, 1.165) is 6.42 Å². The van der Waals surface area contributed by atoms with Gasteiger partial charge in [-0.1, -0.05) is 13.8 Å². The molecule has 2 N–H and O–H groups in total. The van der Waals surface area contributed by atoms with Crippen LogP contribution in [0.15, 0.2) is 42.5 Å². The average molecular weight is 483 g/mol. The smallest absolute Gasteiger partial charge is 0.339 e. The molecule has 0 aromatic heterocycles. The van der Waals surface area contributed by atoms with Crippen molar-refractivity contribution < 1.29 is 24.0 Å². The van der Waals surface area contributed by atoms with E-state index < -0.39 is 22.9 Å². The molecule has 2 aromatic carbocycles. The number of nitrogens with one attached hydrogen (secondary N) is 2. The molecule has 2 aromatic rings. The molecule has 0 radical (unpaired) electrons. The van der Waals surface area contributed by atoms with Gasteiger partial charge < -0.3 is 20.3 Å². The summed E-state index contributed by atoms with van der Waals surface area (Å²) in [4.78, 5) is 49.5. The fraction of sp³-hybridized carbons (Fsp3) is 0.400. The van der Waals surface area contributed by atoms with Gasteiger partial charge in [-0.15, -0.1) is 0 Å². The number of hydrogen-bond donors (Lipinski definition) is 2. The Hall–Kier alpha value is -3.95. The van der Waals surface area contributed by atoms with E-state index in [2.05, 4.69) is 24.5 Å². The molecule has 3 rings (SSSR count). The summed E-state index contributed by atoms with van der Waals surface area (Å²) in [6.07, 6.45) is -0.0752. The Morgan fingerprint density at radius 1 is 1.03 bits per heavy atom. The first-order chi connectivity index (χ1) is 16.5. The van der Waals surface area contributed by atoms with Crippen molar-refractivity contribution in [3.8, 4) is 0 Å². The molecule has 10 heteroatoms. The van der Waals surface area contributed by atoms with E-state index in [1.54, 1.807) is 30.3 Å². The second-order valence-corrected chi connectivity index (χ2v) is 9.11. The number of carbonyl (C=O) groups excluding carboxylic acids is 3. The lowest BCUT2D eigenvalue weighted by Gasteiger charge is -2.36. The van der Waals surface area contributed by atoms with E-state index >= 15 is 0 Å². The number of nitro benzene ring substituents is 1. The van der Waals surface area contributed by atoms with Gasteiger partial charge in [-0.2, -0.15) is 0 Å². The highest BCUT2D eigenvalue weighted by Crippen LogP contribution is 2.34. The highest BCUT2D eigenvalue weighted by molar-refractivity contribution is 5.98. The van der Waals surface area contributed by atoms with Crippen LogP contribution in [-0.2, 0) is 14.3 Å². The highest BCUT2D eigenvalue weighted by Gasteiger charge is 2.28. The van der Waals surface area contributed by atoms with Crippen LogP contribution in [0.25, 0.3) is 0 Å². The number of ether oxygens (including phenoxy) is 1. The number of nitro groups is 1. The summed E-state index contributed by atoms with van der Waals surface area (Å²) in [5, 5.41) is 17.0. The maximum atomic E-state index is 12.6. The minimum atomic E-state index is -1.14. The number of anilines is 3. The first-order valence-electron chi connectivity index (χ1n) is 11.5. The van der Waals surface area contributed by atoms with Crippen LogP contribution in [0.3, 0.4) is 0 Å². The number of piperidine rings is 1. The van der Waals surface area contributed by atoms with Gasteiger partial charge in [0.2, 0.25) is 5.91 Å². The third-order valence-corrected chi connectivity index (χ3v) is 5.74. The summed E-state index contributed by atoms with van der Waals surface area (Å²) in [7, 11) is 0. The Labute approximate surface area is 203 Å². The van der Waals surface area contributed by atoms with Crippen molar-refractivity contribution in [2.75, 3.05) is 28.6 Å². The average Bonchev–Trinajstić information content (AvgIpc) is 2.78. The Balaban J connectivity index is 1.67. The normalized spacial score (nSPS) is 18.3. The van der Waals surface area contributed by atoms with Crippen LogP contribution in [0.5, 0.6) is 0 Å². The van der Waals surface area contributed by atoms with Crippen LogP contribution in [0.2, 0.25) is 0 Å². The molecule has 2 amide bonds. The number of nitrogens with zero attached hydrogens (tertiary/aromatic N) is 2. The predicted octanol–water partition coefficient (Wildman–Crippen LogP) is 4.22. The maximum Gasteiger partial charge on any atom is 0.339 e. The zero-order valence-electron chi connectivity index (χ0n) is 20.2. The SMILES string of the molecule is CC(=O)Nc1ccc(NC(=O)C(C)OC(=O)c2ccc(N3CC(C)CC(C)C3)c([N+](=O)[O-])c2)cc1. The number of hydrogen-bond acceptors (Lipinski definition) is 7. The molecule has 3 unspecified atom stereocenters. The van der Waals surface area contributed by atoms with Crippen LogP contribution in [0.4, 0.5) is 22.7 Å². The largest absolute Gasteiger partial charge is 0.449 e. The van der Waals surface area contributed by atoms with E-state index in [1.807, 2.05) is 4.90 Å². The monoisotopic (exact) mass is 482 g/mol. The molecule has 1 aliphatic heterocycles. The first-order valence-corrected chi connectivity index (χ1v) is 11.5. The van der Waals surface area contributed by atoms with Crippen molar-refractivity contribution in [3.63, 3.8) is 0 Å². The Morgan fingerprint density at radius 2 is 1.60 bits per heavy atom. The van der Waals surface area contributed by atoms with E-state index in [1.165, 1.54) is 26.0 Å². The lowest BCUT2D eigenvalue weighted by atomic mass is 9.91. The van der Waals surface area contributed by atoms with Gasteiger partial charge in [-0.05, 0) is 61.6 Å². The molecule has 1 aliphatic rings. The highest BCUT2D eigenvalue weighted by atomic mass is 16.6. The molecule has 1 saturated heterocycles. The van der Waals surface area contributed by atoms with E-state index in [4.69, 9.17) is 4.74 Å². The molecule has 0 spiro atoms. The number of rotatable bonds is 7. The van der Waals surface area contributed by atoms with Gasteiger partial charge in [0.15, 0.2) is 6.10 Å². The molecular formula is C25H30N4O6. The first kappa shape index (κ1) is 25.7. The standard InChI is InChI=1S/C25H30N4O6/c1-15-11-16(2)14-28(13-15)22-10-5-19(12-23(22)29(33)34)25(32)35-17(3)24(31)27-21-8-6-20(7-9-21)26-18(4)30/h5-10,12,15-17H,11,13-14H2,1-4H3,(H,26,30)(H,27,31). The fourth-order valence-corrected chi connectivity index (χ4v) is 4.29. The topological polar surface area (TPSA) is 131 Å². The van der Waals surface area contributed by atoms with Gasteiger partial charge >= 0.3 is 5.97 Å². The van der Waals surface area contributed by atoms with Gasteiger partial charge in [-0.25, -0.2) is 4.79 Å². The third-order valence-electron chi connectivity index (χ3n) is 5.74.